The lowest BCUT2D eigenvalue weighted by molar-refractivity contribution is -0.0780. The van der Waals surface area contributed by atoms with Gasteiger partial charge in [0.05, 0.1) is 7.11 Å². The normalized spacial score (nSPS) is 17.9. The van der Waals surface area contributed by atoms with Gasteiger partial charge >= 0.3 is 5.97 Å². The molecule has 16 heavy (non-hydrogen) atoms. The minimum Gasteiger partial charge on any atom is -0.464 e. The fourth-order valence-corrected chi connectivity index (χ4v) is 3.01. The molecule has 1 aliphatic carbocycles. The van der Waals surface area contributed by atoms with E-state index in [1.54, 1.807) is 7.11 Å². The zero-order valence-corrected chi connectivity index (χ0v) is 10.5. The highest BCUT2D eigenvalue weighted by Gasteiger charge is 2.42. The van der Waals surface area contributed by atoms with E-state index in [2.05, 4.69) is 4.98 Å². The highest BCUT2D eigenvalue weighted by Crippen LogP contribution is 2.46. The van der Waals surface area contributed by atoms with Crippen LogP contribution in [0.25, 0.3) is 0 Å². The second-order valence-corrected chi connectivity index (χ2v) is 5.17. The van der Waals surface area contributed by atoms with Crippen LogP contribution < -0.4 is 0 Å². The van der Waals surface area contributed by atoms with Gasteiger partial charge in [-0.15, -0.1) is 11.3 Å². The van der Waals surface area contributed by atoms with E-state index in [1.165, 1.54) is 18.4 Å². The van der Waals surface area contributed by atoms with Crippen molar-refractivity contribution in [3.63, 3.8) is 0 Å². The molecule has 1 aromatic heterocycles. The van der Waals surface area contributed by atoms with Gasteiger partial charge in [-0.25, -0.2) is 9.78 Å². The number of methoxy groups -OCH3 is 2. The summed E-state index contributed by atoms with van der Waals surface area (Å²) in [6, 6.07) is 0. The number of carbonyl (C=O) groups is 1. The largest absolute Gasteiger partial charge is 0.464 e. The number of nitrogens with zero attached hydrogens (tertiary/aromatic N) is 1. The Kier molecular flexibility index (Phi) is 2.99. The van der Waals surface area contributed by atoms with Gasteiger partial charge in [0.25, 0.3) is 0 Å². The van der Waals surface area contributed by atoms with Gasteiger partial charge in [0.2, 0.25) is 0 Å². The van der Waals surface area contributed by atoms with Crippen molar-refractivity contribution >= 4 is 17.3 Å². The van der Waals surface area contributed by atoms with Crippen molar-refractivity contribution in [1.29, 1.82) is 0 Å². The van der Waals surface area contributed by atoms with E-state index in [9.17, 15) is 4.79 Å². The van der Waals surface area contributed by atoms with Crippen molar-refractivity contribution in [2.24, 2.45) is 0 Å². The predicted molar refractivity (Wildman–Crippen MR) is 60.7 cm³/mol. The Bertz CT molecular complexity index is 404. The molecule has 0 amide bonds. The van der Waals surface area contributed by atoms with Crippen LogP contribution in [0.3, 0.4) is 0 Å². The maximum absolute atomic E-state index is 11.5. The van der Waals surface area contributed by atoms with Gasteiger partial charge in [0, 0.05) is 12.0 Å². The molecule has 1 fully saturated rings. The summed E-state index contributed by atoms with van der Waals surface area (Å²) in [6.45, 7) is 1.88. The summed E-state index contributed by atoms with van der Waals surface area (Å²) in [7, 11) is 3.07. The van der Waals surface area contributed by atoms with E-state index in [4.69, 9.17) is 9.47 Å². The molecule has 0 unspecified atom stereocenters. The van der Waals surface area contributed by atoms with E-state index < -0.39 is 0 Å². The Labute approximate surface area is 98.6 Å². The molecule has 0 aromatic carbocycles. The molecule has 0 bridgehead atoms. The van der Waals surface area contributed by atoms with Crippen LogP contribution in [-0.2, 0) is 15.1 Å². The van der Waals surface area contributed by atoms with Gasteiger partial charge < -0.3 is 9.47 Å². The number of rotatable bonds is 3. The van der Waals surface area contributed by atoms with Gasteiger partial charge in [0.1, 0.15) is 10.6 Å². The van der Waals surface area contributed by atoms with Gasteiger partial charge in [-0.05, 0) is 26.2 Å². The summed E-state index contributed by atoms with van der Waals surface area (Å²) in [6.07, 6.45) is 3.12. The second kappa shape index (κ2) is 4.14. The van der Waals surface area contributed by atoms with E-state index >= 15 is 0 Å². The molecular weight excluding hydrogens is 226 g/mol. The average molecular weight is 241 g/mol. The maximum atomic E-state index is 11.5. The lowest BCUT2D eigenvalue weighted by Gasteiger charge is -2.38. The fraction of sp³-hybridized carbons (Fsp3) is 0.636. The van der Waals surface area contributed by atoms with Crippen molar-refractivity contribution in [3.05, 3.63) is 15.6 Å². The molecule has 2 rings (SSSR count). The highest BCUT2D eigenvalue weighted by atomic mass is 32.1. The number of thiazole rings is 1. The van der Waals surface area contributed by atoms with Crippen molar-refractivity contribution in [3.8, 4) is 0 Å². The van der Waals surface area contributed by atoms with E-state index in [1.807, 2.05) is 6.92 Å². The first-order valence-corrected chi connectivity index (χ1v) is 6.06. The molecule has 0 saturated heterocycles. The first-order chi connectivity index (χ1) is 7.63. The van der Waals surface area contributed by atoms with Crippen molar-refractivity contribution < 1.29 is 14.3 Å². The zero-order valence-electron chi connectivity index (χ0n) is 9.70. The van der Waals surface area contributed by atoms with Crippen molar-refractivity contribution in [2.75, 3.05) is 14.2 Å². The molecule has 5 heteroatoms. The minimum atomic E-state index is -0.370. The molecule has 4 nitrogen and oxygen atoms in total. The summed E-state index contributed by atoms with van der Waals surface area (Å²) < 4.78 is 10.2. The Balaban J connectivity index is 2.33. The first-order valence-electron chi connectivity index (χ1n) is 5.24. The maximum Gasteiger partial charge on any atom is 0.357 e. The average Bonchev–Trinajstić information content (AvgIpc) is 2.59. The second-order valence-electron chi connectivity index (χ2n) is 3.97. The molecule has 0 aliphatic heterocycles. The van der Waals surface area contributed by atoms with Crippen LogP contribution in [0.15, 0.2) is 0 Å². The molecule has 88 valence electrons. The molecule has 0 N–H and O–H groups in total. The molecule has 1 heterocycles. The van der Waals surface area contributed by atoms with Crippen LogP contribution in [0.2, 0.25) is 0 Å². The standard InChI is InChI=1S/C11H15NO3S/c1-7-8(9(13)14-2)12-10(16-7)11(15-3)5-4-6-11/h4-6H2,1-3H3. The predicted octanol–water partition coefficient (Wildman–Crippen LogP) is 2.26. The quantitative estimate of drug-likeness (QED) is 0.762. The molecular formula is C11H15NO3S. The van der Waals surface area contributed by atoms with Gasteiger partial charge in [-0.2, -0.15) is 0 Å². The number of carbonyl (C=O) groups excluding carboxylic acids is 1. The molecule has 1 saturated carbocycles. The summed E-state index contributed by atoms with van der Waals surface area (Å²) in [5, 5.41) is 0.902. The van der Waals surface area contributed by atoms with Crippen LogP contribution in [0.4, 0.5) is 0 Å². The summed E-state index contributed by atoms with van der Waals surface area (Å²) in [4.78, 5) is 16.7. The van der Waals surface area contributed by atoms with Crippen LogP contribution >= 0.6 is 11.3 Å². The monoisotopic (exact) mass is 241 g/mol. The summed E-state index contributed by atoms with van der Waals surface area (Å²) >= 11 is 1.53. The number of ether oxygens (including phenoxy) is 2. The van der Waals surface area contributed by atoms with E-state index in [0.29, 0.717) is 5.69 Å². The summed E-state index contributed by atoms with van der Waals surface area (Å²) in [5.74, 6) is -0.370. The Morgan fingerprint density at radius 1 is 1.44 bits per heavy atom. The van der Waals surface area contributed by atoms with Crippen LogP contribution in [0, 0.1) is 6.92 Å². The third kappa shape index (κ3) is 1.64. The third-order valence-corrected chi connectivity index (χ3v) is 4.27. The van der Waals surface area contributed by atoms with Crippen molar-refractivity contribution in [2.45, 2.75) is 31.8 Å². The van der Waals surface area contributed by atoms with Gasteiger partial charge in [-0.3, -0.25) is 0 Å². The number of aryl methyl sites for hydroxylation is 1. The fourth-order valence-electron chi connectivity index (χ4n) is 1.88. The first kappa shape index (κ1) is 11.5. The number of esters is 1. The lowest BCUT2D eigenvalue weighted by atomic mass is 9.80. The van der Waals surface area contributed by atoms with E-state index in [-0.39, 0.29) is 11.6 Å². The van der Waals surface area contributed by atoms with Crippen LogP contribution in [0.5, 0.6) is 0 Å². The van der Waals surface area contributed by atoms with E-state index in [0.717, 1.165) is 29.1 Å². The molecule has 1 aromatic rings. The van der Waals surface area contributed by atoms with Crippen molar-refractivity contribution in [1.82, 2.24) is 4.98 Å². The smallest absolute Gasteiger partial charge is 0.357 e. The van der Waals surface area contributed by atoms with Crippen LogP contribution in [-0.4, -0.2) is 25.2 Å². The topological polar surface area (TPSA) is 48.4 Å². The molecule has 1 aliphatic rings. The van der Waals surface area contributed by atoms with Gasteiger partial charge in [-0.1, -0.05) is 0 Å². The van der Waals surface area contributed by atoms with Crippen LogP contribution in [0.1, 0.15) is 39.6 Å². The Hall–Kier alpha value is -0.940. The zero-order chi connectivity index (χ0) is 11.8. The SMILES string of the molecule is COC(=O)c1nc(C2(OC)CCC2)sc1C. The Morgan fingerprint density at radius 2 is 2.12 bits per heavy atom. The molecule has 0 spiro atoms. The molecule has 0 atom stereocenters. The minimum absolute atomic E-state index is 0.248. The number of aromatic nitrogens is 1. The summed E-state index contributed by atoms with van der Waals surface area (Å²) in [5.41, 5.74) is 0.174. The molecule has 0 radical (unpaired) electrons. The Morgan fingerprint density at radius 3 is 2.56 bits per heavy atom. The van der Waals surface area contributed by atoms with Gasteiger partial charge in [0.15, 0.2) is 5.69 Å². The number of hydrogen-bond acceptors (Lipinski definition) is 5. The highest BCUT2D eigenvalue weighted by molar-refractivity contribution is 7.12. The third-order valence-electron chi connectivity index (χ3n) is 3.12. The lowest BCUT2D eigenvalue weighted by Crippen LogP contribution is -2.36. The number of hydrogen-bond donors (Lipinski definition) is 0.